The molecule has 0 spiro atoms. The molecule has 0 radical (unpaired) electrons. The van der Waals surface area contributed by atoms with Crippen LogP contribution in [0, 0.1) is 0 Å². The summed E-state index contributed by atoms with van der Waals surface area (Å²) in [5, 5.41) is 0.396. The van der Waals surface area contributed by atoms with E-state index >= 15 is 0 Å². The molecule has 0 saturated carbocycles. The zero-order valence-corrected chi connectivity index (χ0v) is 14.8. The molecule has 0 atom stereocenters. The summed E-state index contributed by atoms with van der Waals surface area (Å²) in [4.78, 5) is 4.32. The SMILES string of the molecule is COc1ccc(-c2ocnc2-c2cc(OC)c(Cl)c(OC)c2)cc1N. The normalized spacial score (nSPS) is 10.6. The van der Waals surface area contributed by atoms with Gasteiger partial charge in [-0.05, 0) is 30.3 Å². The van der Waals surface area contributed by atoms with Crippen LogP contribution in [-0.2, 0) is 0 Å². The van der Waals surface area contributed by atoms with Gasteiger partial charge in [-0.3, -0.25) is 0 Å². The second kappa shape index (κ2) is 6.94. The molecule has 6 nitrogen and oxygen atoms in total. The predicted octanol–water partition coefficient (Wildman–Crippen LogP) is 4.27. The average molecular weight is 361 g/mol. The lowest BCUT2D eigenvalue weighted by Gasteiger charge is -2.11. The number of nitrogens with two attached hydrogens (primary N) is 1. The maximum atomic E-state index is 6.23. The van der Waals surface area contributed by atoms with Crippen LogP contribution in [0.1, 0.15) is 0 Å². The summed E-state index contributed by atoms with van der Waals surface area (Å²) in [6.07, 6.45) is 1.37. The van der Waals surface area contributed by atoms with Crippen LogP contribution in [0.25, 0.3) is 22.6 Å². The third-order valence-electron chi connectivity index (χ3n) is 3.78. The van der Waals surface area contributed by atoms with Crippen molar-refractivity contribution in [3.05, 3.63) is 41.7 Å². The van der Waals surface area contributed by atoms with E-state index < -0.39 is 0 Å². The summed E-state index contributed by atoms with van der Waals surface area (Å²) in [6.45, 7) is 0. The van der Waals surface area contributed by atoms with E-state index in [1.54, 1.807) is 31.4 Å². The molecule has 0 amide bonds. The van der Waals surface area contributed by atoms with E-state index in [0.717, 1.165) is 11.1 Å². The minimum atomic E-state index is 0.396. The predicted molar refractivity (Wildman–Crippen MR) is 96.5 cm³/mol. The van der Waals surface area contributed by atoms with Crippen LogP contribution in [0.2, 0.25) is 5.02 Å². The van der Waals surface area contributed by atoms with Crippen molar-refractivity contribution in [1.82, 2.24) is 4.98 Å². The fraction of sp³-hybridized carbons (Fsp3) is 0.167. The maximum Gasteiger partial charge on any atom is 0.182 e. The van der Waals surface area contributed by atoms with Gasteiger partial charge in [0.1, 0.15) is 28.0 Å². The molecule has 0 unspecified atom stereocenters. The second-order valence-electron chi connectivity index (χ2n) is 5.18. The summed E-state index contributed by atoms with van der Waals surface area (Å²) < 4.78 is 21.4. The molecule has 2 N–H and O–H groups in total. The zero-order chi connectivity index (χ0) is 18.0. The van der Waals surface area contributed by atoms with Crippen molar-refractivity contribution in [1.29, 1.82) is 0 Å². The first kappa shape index (κ1) is 17.0. The van der Waals surface area contributed by atoms with Gasteiger partial charge in [-0.25, -0.2) is 4.98 Å². The summed E-state index contributed by atoms with van der Waals surface area (Å²) >= 11 is 6.23. The molecular formula is C18H17ClN2O4. The van der Waals surface area contributed by atoms with Crippen molar-refractivity contribution < 1.29 is 18.6 Å². The monoisotopic (exact) mass is 360 g/mol. The number of hydrogen-bond donors (Lipinski definition) is 1. The van der Waals surface area contributed by atoms with E-state index in [4.69, 9.17) is 36.0 Å². The fourth-order valence-electron chi connectivity index (χ4n) is 2.54. The van der Waals surface area contributed by atoms with Crippen LogP contribution in [0.4, 0.5) is 5.69 Å². The van der Waals surface area contributed by atoms with Gasteiger partial charge in [0.25, 0.3) is 0 Å². The topological polar surface area (TPSA) is 79.7 Å². The van der Waals surface area contributed by atoms with Gasteiger partial charge in [0.15, 0.2) is 12.2 Å². The van der Waals surface area contributed by atoms with E-state index in [1.165, 1.54) is 20.6 Å². The van der Waals surface area contributed by atoms with Crippen LogP contribution >= 0.6 is 11.6 Å². The second-order valence-corrected chi connectivity index (χ2v) is 5.56. The van der Waals surface area contributed by atoms with E-state index in [0.29, 0.717) is 39.4 Å². The first-order chi connectivity index (χ1) is 12.1. The number of ether oxygens (including phenoxy) is 3. The largest absolute Gasteiger partial charge is 0.495 e. The van der Waals surface area contributed by atoms with Crippen molar-refractivity contribution in [3.8, 4) is 39.8 Å². The fourth-order valence-corrected chi connectivity index (χ4v) is 2.80. The number of aromatic nitrogens is 1. The standard InChI is InChI=1S/C18H17ClN2O4/c1-22-13-5-4-10(6-12(13)20)18-17(21-9-25-18)11-7-14(23-2)16(19)15(8-11)24-3/h4-9H,20H2,1-3H3. The summed E-state index contributed by atoms with van der Waals surface area (Å²) in [5.41, 5.74) is 8.65. The molecule has 0 aliphatic heterocycles. The lowest BCUT2D eigenvalue weighted by molar-refractivity contribution is 0.395. The highest BCUT2D eigenvalue weighted by Gasteiger charge is 2.18. The number of nitrogens with zero attached hydrogens (tertiary/aromatic N) is 1. The van der Waals surface area contributed by atoms with Gasteiger partial charge in [0.2, 0.25) is 0 Å². The Morgan fingerprint density at radius 3 is 2.12 bits per heavy atom. The van der Waals surface area contributed by atoms with E-state index in [9.17, 15) is 0 Å². The molecule has 1 aromatic heterocycles. The number of anilines is 1. The molecule has 2 aromatic carbocycles. The molecule has 0 aliphatic carbocycles. The molecular weight excluding hydrogens is 344 g/mol. The highest BCUT2D eigenvalue weighted by Crippen LogP contribution is 2.41. The van der Waals surface area contributed by atoms with Gasteiger partial charge in [0, 0.05) is 11.1 Å². The summed E-state index contributed by atoms with van der Waals surface area (Å²) in [5.74, 6) is 2.14. The number of benzene rings is 2. The van der Waals surface area contributed by atoms with Crippen LogP contribution < -0.4 is 19.9 Å². The lowest BCUT2D eigenvalue weighted by atomic mass is 10.0. The van der Waals surface area contributed by atoms with Crippen molar-refractivity contribution in [2.45, 2.75) is 0 Å². The Balaban J connectivity index is 2.13. The highest BCUT2D eigenvalue weighted by atomic mass is 35.5. The Hall–Kier alpha value is -2.86. The van der Waals surface area contributed by atoms with E-state index in [-0.39, 0.29) is 0 Å². The van der Waals surface area contributed by atoms with Crippen molar-refractivity contribution in [2.75, 3.05) is 27.1 Å². The number of hydrogen-bond acceptors (Lipinski definition) is 6. The quantitative estimate of drug-likeness (QED) is 0.684. The minimum absolute atomic E-state index is 0.396. The average Bonchev–Trinajstić information content (AvgIpc) is 3.11. The van der Waals surface area contributed by atoms with Crippen LogP contribution in [0.3, 0.4) is 0 Å². The number of methoxy groups -OCH3 is 3. The molecule has 7 heteroatoms. The molecule has 0 fully saturated rings. The highest BCUT2D eigenvalue weighted by molar-refractivity contribution is 6.33. The maximum absolute atomic E-state index is 6.23. The van der Waals surface area contributed by atoms with Crippen molar-refractivity contribution in [2.24, 2.45) is 0 Å². The third kappa shape index (κ3) is 3.08. The smallest absolute Gasteiger partial charge is 0.182 e. The first-order valence-corrected chi connectivity index (χ1v) is 7.76. The zero-order valence-electron chi connectivity index (χ0n) is 14.0. The number of halogens is 1. The van der Waals surface area contributed by atoms with Crippen molar-refractivity contribution >= 4 is 17.3 Å². The molecule has 25 heavy (non-hydrogen) atoms. The molecule has 0 saturated heterocycles. The Morgan fingerprint density at radius 2 is 1.56 bits per heavy atom. The lowest BCUT2D eigenvalue weighted by Crippen LogP contribution is -1.94. The van der Waals surface area contributed by atoms with E-state index in [1.807, 2.05) is 6.07 Å². The Morgan fingerprint density at radius 1 is 0.920 bits per heavy atom. The molecule has 130 valence electrons. The molecule has 3 aromatic rings. The van der Waals surface area contributed by atoms with Crippen molar-refractivity contribution in [3.63, 3.8) is 0 Å². The third-order valence-corrected chi connectivity index (χ3v) is 4.15. The molecule has 1 heterocycles. The van der Waals surface area contributed by atoms with Crippen LogP contribution in [-0.4, -0.2) is 26.3 Å². The van der Waals surface area contributed by atoms with E-state index in [2.05, 4.69) is 4.98 Å². The number of oxazole rings is 1. The number of rotatable bonds is 5. The molecule has 0 bridgehead atoms. The first-order valence-electron chi connectivity index (χ1n) is 7.38. The van der Waals surface area contributed by atoms with Crippen LogP contribution in [0.5, 0.6) is 17.2 Å². The molecule has 0 aliphatic rings. The Bertz CT molecular complexity index is 883. The van der Waals surface area contributed by atoms with Gasteiger partial charge in [-0.2, -0.15) is 0 Å². The van der Waals surface area contributed by atoms with Gasteiger partial charge in [0.05, 0.1) is 27.0 Å². The van der Waals surface area contributed by atoms with Gasteiger partial charge in [-0.1, -0.05) is 11.6 Å². The Kier molecular flexibility index (Phi) is 4.72. The van der Waals surface area contributed by atoms with Gasteiger partial charge < -0.3 is 24.4 Å². The van der Waals surface area contributed by atoms with Gasteiger partial charge in [-0.15, -0.1) is 0 Å². The van der Waals surface area contributed by atoms with Gasteiger partial charge >= 0.3 is 0 Å². The minimum Gasteiger partial charge on any atom is -0.495 e. The van der Waals surface area contributed by atoms with Crippen LogP contribution in [0.15, 0.2) is 41.1 Å². The summed E-state index contributed by atoms with van der Waals surface area (Å²) in [7, 11) is 4.65. The molecule has 3 rings (SSSR count). The Labute approximate surface area is 150 Å². The number of nitrogen functional groups attached to an aromatic ring is 1. The summed E-state index contributed by atoms with van der Waals surface area (Å²) in [6, 6.07) is 8.95.